The molecular weight excluding hydrogens is 568 g/mol. The van der Waals surface area contributed by atoms with E-state index in [0.717, 1.165) is 18.2 Å². The zero-order valence-electron chi connectivity index (χ0n) is 22.6. The van der Waals surface area contributed by atoms with Gasteiger partial charge in [-0.25, -0.2) is 32.3 Å². The van der Waals surface area contributed by atoms with Crippen LogP contribution in [0.2, 0.25) is 0 Å². The number of ether oxygens (including phenoxy) is 2. The molecule has 0 fully saturated rings. The summed E-state index contributed by atoms with van der Waals surface area (Å²) >= 11 is 0. The van der Waals surface area contributed by atoms with Gasteiger partial charge in [-0.3, -0.25) is 0 Å². The average Bonchev–Trinajstić information content (AvgIpc) is 3.34. The number of hydrogen-bond acceptors (Lipinski definition) is 6. The van der Waals surface area contributed by atoms with Gasteiger partial charge in [0.1, 0.15) is 30.1 Å². The molecule has 2 heterocycles. The fraction of sp³-hybridized carbons (Fsp3) is 0.161. The summed E-state index contributed by atoms with van der Waals surface area (Å²) in [5.41, 5.74) is 0.392. The Morgan fingerprint density at radius 1 is 0.977 bits per heavy atom. The Morgan fingerprint density at radius 2 is 1.79 bits per heavy atom. The fourth-order valence-electron chi connectivity index (χ4n) is 4.55. The molecule has 0 unspecified atom stereocenters. The molecule has 0 amide bonds. The number of carboxylic acid groups (broad SMARTS) is 1. The van der Waals surface area contributed by atoms with Gasteiger partial charge in [0.15, 0.2) is 11.6 Å². The second-order valence-corrected chi connectivity index (χ2v) is 9.44. The third-order valence-electron chi connectivity index (χ3n) is 6.74. The van der Waals surface area contributed by atoms with Crippen LogP contribution in [0.4, 0.5) is 17.6 Å². The minimum Gasteiger partial charge on any atom is -0.478 e. The molecule has 2 aromatic heterocycles. The van der Waals surface area contributed by atoms with Crippen molar-refractivity contribution in [2.45, 2.75) is 19.6 Å². The number of aromatic carboxylic acids is 1. The van der Waals surface area contributed by atoms with E-state index in [1.807, 2.05) is 0 Å². The lowest BCUT2D eigenvalue weighted by Crippen LogP contribution is -2.10. The van der Waals surface area contributed by atoms with Crippen LogP contribution in [0.1, 0.15) is 32.9 Å². The number of carbonyl (C=O) groups is 1. The summed E-state index contributed by atoms with van der Waals surface area (Å²) < 4.78 is 71.2. The molecule has 218 valence electrons. The number of pyridine rings is 1. The Kier molecular flexibility index (Phi) is 8.36. The second kappa shape index (κ2) is 12.3. The molecule has 0 saturated carbocycles. The number of hydrogen-bond donors (Lipinski definition) is 1. The molecule has 0 bridgehead atoms. The largest absolute Gasteiger partial charge is 0.478 e. The molecule has 0 spiro atoms. The predicted octanol–water partition coefficient (Wildman–Crippen LogP) is 6.04. The van der Waals surface area contributed by atoms with Gasteiger partial charge in [-0.1, -0.05) is 12.1 Å². The van der Waals surface area contributed by atoms with Gasteiger partial charge in [0.05, 0.1) is 34.5 Å². The first-order valence-corrected chi connectivity index (χ1v) is 12.9. The van der Waals surface area contributed by atoms with E-state index in [1.165, 1.54) is 43.5 Å². The van der Waals surface area contributed by atoms with Crippen molar-refractivity contribution < 1.29 is 36.9 Å². The van der Waals surface area contributed by atoms with E-state index in [4.69, 9.17) is 14.7 Å². The summed E-state index contributed by atoms with van der Waals surface area (Å²) in [7, 11) is 1.51. The van der Waals surface area contributed by atoms with Gasteiger partial charge in [-0.05, 0) is 48.0 Å². The number of fused-ring (bicyclic) bond motifs is 1. The number of nitriles is 1. The highest BCUT2D eigenvalue weighted by atomic mass is 19.2. The minimum atomic E-state index is -1.29. The summed E-state index contributed by atoms with van der Waals surface area (Å²) in [5.74, 6) is -4.77. The lowest BCUT2D eigenvalue weighted by molar-refractivity contribution is 0.0697. The number of aromatic nitrogens is 3. The normalized spacial score (nSPS) is 11.1. The maximum absolute atomic E-state index is 15.4. The average molecular weight is 591 g/mol. The molecule has 0 saturated heterocycles. The molecule has 0 aliphatic rings. The zero-order valence-corrected chi connectivity index (χ0v) is 22.6. The van der Waals surface area contributed by atoms with Crippen molar-refractivity contribution in [3.05, 3.63) is 112 Å². The van der Waals surface area contributed by atoms with Crippen molar-refractivity contribution in [1.82, 2.24) is 14.5 Å². The molecule has 0 radical (unpaired) electrons. The van der Waals surface area contributed by atoms with E-state index in [9.17, 15) is 18.7 Å². The third-order valence-corrected chi connectivity index (χ3v) is 6.74. The molecule has 12 heteroatoms. The Balaban J connectivity index is 1.41. The van der Waals surface area contributed by atoms with Gasteiger partial charge in [0.2, 0.25) is 5.88 Å². The highest BCUT2D eigenvalue weighted by Gasteiger charge is 2.19. The first-order chi connectivity index (χ1) is 20.7. The maximum Gasteiger partial charge on any atom is 0.335 e. The van der Waals surface area contributed by atoms with Crippen LogP contribution in [-0.2, 0) is 24.3 Å². The lowest BCUT2D eigenvalue weighted by Gasteiger charge is -2.12. The van der Waals surface area contributed by atoms with Crippen LogP contribution in [0.3, 0.4) is 0 Å². The second-order valence-electron chi connectivity index (χ2n) is 9.44. The van der Waals surface area contributed by atoms with Gasteiger partial charge in [0, 0.05) is 37.3 Å². The van der Waals surface area contributed by atoms with Crippen molar-refractivity contribution >= 4 is 17.0 Å². The van der Waals surface area contributed by atoms with Crippen LogP contribution in [0.5, 0.6) is 5.88 Å². The molecule has 43 heavy (non-hydrogen) atoms. The number of methoxy groups -OCH3 is 1. The van der Waals surface area contributed by atoms with E-state index in [-0.39, 0.29) is 46.9 Å². The first kappa shape index (κ1) is 29.2. The SMILES string of the molecule is COCCn1c(Cc2cc(F)c(-c3cccc(OCc4ccc(C#N)c(F)c4F)n3)cc2F)nc2ccc(C(=O)O)cc21. The van der Waals surface area contributed by atoms with Crippen LogP contribution in [0.25, 0.3) is 22.3 Å². The summed E-state index contributed by atoms with van der Waals surface area (Å²) in [6.07, 6.45) is -0.0902. The molecule has 3 aromatic carbocycles. The highest BCUT2D eigenvalue weighted by Crippen LogP contribution is 2.28. The Bertz CT molecular complexity index is 1900. The van der Waals surface area contributed by atoms with Gasteiger partial charge in [0.25, 0.3) is 0 Å². The van der Waals surface area contributed by atoms with Gasteiger partial charge >= 0.3 is 5.97 Å². The van der Waals surface area contributed by atoms with Crippen molar-refractivity contribution in [2.75, 3.05) is 13.7 Å². The summed E-state index contributed by atoms with van der Waals surface area (Å²) in [6, 6.07) is 14.7. The topological polar surface area (TPSA) is 110 Å². The number of rotatable bonds is 10. The van der Waals surface area contributed by atoms with Gasteiger partial charge in [-0.15, -0.1) is 0 Å². The Hall–Kier alpha value is -5.28. The molecule has 5 rings (SSSR count). The van der Waals surface area contributed by atoms with Gasteiger partial charge in [-0.2, -0.15) is 5.26 Å². The van der Waals surface area contributed by atoms with Crippen molar-refractivity contribution in [3.63, 3.8) is 0 Å². The zero-order chi connectivity index (χ0) is 30.7. The number of carboxylic acids is 1. The number of benzene rings is 3. The van der Waals surface area contributed by atoms with Crippen LogP contribution >= 0.6 is 0 Å². The number of halogens is 4. The van der Waals surface area contributed by atoms with Crippen LogP contribution in [0, 0.1) is 34.6 Å². The van der Waals surface area contributed by atoms with Crippen LogP contribution in [-0.4, -0.2) is 39.3 Å². The lowest BCUT2D eigenvalue weighted by atomic mass is 10.0. The monoisotopic (exact) mass is 590 g/mol. The van der Waals surface area contributed by atoms with E-state index < -0.39 is 41.4 Å². The molecule has 8 nitrogen and oxygen atoms in total. The van der Waals surface area contributed by atoms with Crippen molar-refractivity contribution in [2.24, 2.45) is 0 Å². The van der Waals surface area contributed by atoms with Crippen LogP contribution < -0.4 is 4.74 Å². The van der Waals surface area contributed by atoms with Gasteiger partial charge < -0.3 is 19.1 Å². The maximum atomic E-state index is 15.4. The highest BCUT2D eigenvalue weighted by molar-refractivity contribution is 5.92. The minimum absolute atomic E-state index is 0.0133. The van der Waals surface area contributed by atoms with E-state index in [2.05, 4.69) is 9.97 Å². The first-order valence-electron chi connectivity index (χ1n) is 12.9. The standard InChI is InChI=1S/C31H22F4N4O4/c1-42-10-9-39-26-12-17(31(40)41)7-8-25(26)37-27(39)13-20-11-23(33)21(14-22(20)32)24-3-2-4-28(38-24)43-16-19-6-5-18(15-36)29(34)30(19)35/h2-8,11-12,14H,9-10,13,16H2,1H3,(H,40,41). The summed E-state index contributed by atoms with van der Waals surface area (Å²) in [6.45, 7) is 0.171. The molecule has 5 aromatic rings. The van der Waals surface area contributed by atoms with E-state index in [0.29, 0.717) is 23.4 Å². The quantitative estimate of drug-likeness (QED) is 0.198. The Morgan fingerprint density at radius 3 is 2.53 bits per heavy atom. The Labute approximate surface area is 242 Å². The number of imidazole rings is 1. The van der Waals surface area contributed by atoms with E-state index in [1.54, 1.807) is 16.7 Å². The fourth-order valence-corrected chi connectivity index (χ4v) is 4.55. The van der Waals surface area contributed by atoms with Crippen molar-refractivity contribution in [3.8, 4) is 23.2 Å². The molecular formula is C31H22F4N4O4. The smallest absolute Gasteiger partial charge is 0.335 e. The predicted molar refractivity (Wildman–Crippen MR) is 146 cm³/mol. The third kappa shape index (κ3) is 6.02. The van der Waals surface area contributed by atoms with E-state index >= 15 is 8.78 Å². The molecule has 0 aliphatic heterocycles. The molecule has 1 N–H and O–H groups in total. The number of nitrogens with zero attached hydrogens (tertiary/aromatic N) is 4. The van der Waals surface area contributed by atoms with Crippen LogP contribution in [0.15, 0.2) is 60.7 Å². The molecule has 0 atom stereocenters. The van der Waals surface area contributed by atoms with Crippen molar-refractivity contribution in [1.29, 1.82) is 5.26 Å². The molecule has 0 aliphatic carbocycles. The summed E-state index contributed by atoms with van der Waals surface area (Å²) in [4.78, 5) is 20.2. The summed E-state index contributed by atoms with van der Waals surface area (Å²) in [5, 5.41) is 18.2.